The molecule has 1 saturated heterocycles. The van der Waals surface area contributed by atoms with Crippen molar-refractivity contribution in [1.82, 2.24) is 10.2 Å². The van der Waals surface area contributed by atoms with E-state index in [1.54, 1.807) is 0 Å². The molecule has 1 saturated carbocycles. The van der Waals surface area contributed by atoms with E-state index < -0.39 is 5.60 Å². The summed E-state index contributed by atoms with van der Waals surface area (Å²) >= 11 is 0. The first kappa shape index (κ1) is 14.3. The van der Waals surface area contributed by atoms with Gasteiger partial charge in [0.1, 0.15) is 0 Å². The number of rotatable bonds is 8. The molecule has 0 amide bonds. The Labute approximate surface area is 112 Å². The lowest BCUT2D eigenvalue weighted by Gasteiger charge is -2.34. The zero-order valence-electron chi connectivity index (χ0n) is 12.1. The van der Waals surface area contributed by atoms with Crippen molar-refractivity contribution in [1.29, 1.82) is 0 Å². The van der Waals surface area contributed by atoms with Gasteiger partial charge in [-0.05, 0) is 51.0 Å². The third-order valence-electron chi connectivity index (χ3n) is 4.69. The summed E-state index contributed by atoms with van der Waals surface area (Å²) in [6.07, 6.45) is 7.13. The van der Waals surface area contributed by atoms with Crippen molar-refractivity contribution in [2.75, 3.05) is 26.2 Å². The van der Waals surface area contributed by atoms with E-state index in [1.807, 2.05) is 0 Å². The van der Waals surface area contributed by atoms with Gasteiger partial charge in [0.05, 0.1) is 5.60 Å². The van der Waals surface area contributed by atoms with Crippen LogP contribution in [0.3, 0.4) is 0 Å². The van der Waals surface area contributed by atoms with Crippen LogP contribution in [-0.2, 0) is 0 Å². The maximum atomic E-state index is 10.5. The highest BCUT2D eigenvalue weighted by Crippen LogP contribution is 2.31. The maximum Gasteiger partial charge on any atom is 0.0768 e. The van der Waals surface area contributed by atoms with Gasteiger partial charge in [0.2, 0.25) is 0 Å². The molecule has 2 fully saturated rings. The minimum atomic E-state index is -0.479. The first-order valence-corrected chi connectivity index (χ1v) is 7.83. The van der Waals surface area contributed by atoms with Gasteiger partial charge in [0, 0.05) is 25.7 Å². The summed E-state index contributed by atoms with van der Waals surface area (Å²) < 4.78 is 0. The van der Waals surface area contributed by atoms with E-state index in [2.05, 4.69) is 24.1 Å². The van der Waals surface area contributed by atoms with Crippen molar-refractivity contribution >= 4 is 0 Å². The average Bonchev–Trinajstić information content (AvgIpc) is 3.03. The largest absolute Gasteiger partial charge is 0.389 e. The van der Waals surface area contributed by atoms with Crippen molar-refractivity contribution in [2.24, 2.45) is 5.92 Å². The quantitative estimate of drug-likeness (QED) is 0.695. The van der Waals surface area contributed by atoms with E-state index >= 15 is 0 Å². The van der Waals surface area contributed by atoms with Gasteiger partial charge >= 0.3 is 0 Å². The lowest BCUT2D eigenvalue weighted by atomic mass is 9.96. The Hall–Kier alpha value is -0.120. The van der Waals surface area contributed by atoms with Gasteiger partial charge in [0.15, 0.2) is 0 Å². The summed E-state index contributed by atoms with van der Waals surface area (Å²) in [5.41, 5.74) is -0.479. The molecule has 18 heavy (non-hydrogen) atoms. The van der Waals surface area contributed by atoms with Crippen molar-refractivity contribution < 1.29 is 5.11 Å². The van der Waals surface area contributed by atoms with Crippen LogP contribution in [0, 0.1) is 5.92 Å². The van der Waals surface area contributed by atoms with Gasteiger partial charge < -0.3 is 10.4 Å². The summed E-state index contributed by atoms with van der Waals surface area (Å²) in [6, 6.07) is 0.654. The summed E-state index contributed by atoms with van der Waals surface area (Å²) in [7, 11) is 0. The van der Waals surface area contributed by atoms with Gasteiger partial charge in [-0.25, -0.2) is 0 Å². The number of aliphatic hydroxyl groups is 1. The maximum absolute atomic E-state index is 10.5. The molecule has 0 radical (unpaired) electrons. The van der Waals surface area contributed by atoms with Crippen molar-refractivity contribution in [2.45, 2.75) is 64.0 Å². The minimum absolute atomic E-state index is 0.479. The second kappa shape index (κ2) is 6.36. The van der Waals surface area contributed by atoms with Crippen LogP contribution in [-0.4, -0.2) is 47.8 Å². The molecule has 0 bridgehead atoms. The highest BCUT2D eigenvalue weighted by atomic mass is 16.3. The Morgan fingerprint density at radius 1 is 1.17 bits per heavy atom. The van der Waals surface area contributed by atoms with Gasteiger partial charge in [-0.3, -0.25) is 4.90 Å². The van der Waals surface area contributed by atoms with Crippen LogP contribution in [0.15, 0.2) is 0 Å². The molecular formula is C15H30N2O. The second-order valence-corrected chi connectivity index (χ2v) is 6.36. The fourth-order valence-electron chi connectivity index (χ4n) is 2.98. The van der Waals surface area contributed by atoms with Crippen LogP contribution >= 0.6 is 0 Å². The Morgan fingerprint density at radius 3 is 2.39 bits per heavy atom. The third kappa shape index (κ3) is 4.22. The molecule has 3 heteroatoms. The first-order valence-electron chi connectivity index (χ1n) is 7.83. The van der Waals surface area contributed by atoms with E-state index in [4.69, 9.17) is 0 Å². The molecule has 0 aromatic heterocycles. The molecule has 2 N–H and O–H groups in total. The topological polar surface area (TPSA) is 35.5 Å². The van der Waals surface area contributed by atoms with Gasteiger partial charge in [-0.2, -0.15) is 0 Å². The monoisotopic (exact) mass is 254 g/mol. The molecule has 1 aliphatic carbocycles. The van der Waals surface area contributed by atoms with Crippen molar-refractivity contribution in [3.63, 3.8) is 0 Å². The van der Waals surface area contributed by atoms with Crippen LogP contribution in [0.1, 0.15) is 52.4 Å². The molecular weight excluding hydrogens is 224 g/mol. The summed E-state index contributed by atoms with van der Waals surface area (Å²) in [5.74, 6) is 0.907. The fraction of sp³-hybridized carbons (Fsp3) is 1.00. The fourth-order valence-corrected chi connectivity index (χ4v) is 2.98. The molecule has 0 aromatic carbocycles. The Morgan fingerprint density at radius 2 is 1.89 bits per heavy atom. The van der Waals surface area contributed by atoms with Crippen LogP contribution in [0.2, 0.25) is 0 Å². The molecule has 106 valence electrons. The van der Waals surface area contributed by atoms with Gasteiger partial charge in [-0.15, -0.1) is 0 Å². The lowest BCUT2D eigenvalue weighted by Crippen LogP contribution is -2.47. The Kier molecular flexibility index (Phi) is 5.05. The highest BCUT2D eigenvalue weighted by molar-refractivity contribution is 4.87. The van der Waals surface area contributed by atoms with E-state index in [1.165, 1.54) is 38.8 Å². The smallest absolute Gasteiger partial charge is 0.0768 e. The van der Waals surface area contributed by atoms with E-state index in [0.29, 0.717) is 6.04 Å². The van der Waals surface area contributed by atoms with Crippen LogP contribution < -0.4 is 5.32 Å². The Bertz CT molecular complexity index is 243. The lowest BCUT2D eigenvalue weighted by molar-refractivity contribution is -0.00625. The number of hydrogen-bond acceptors (Lipinski definition) is 3. The standard InChI is InChI=1S/C15H30N2O/c1-3-15(18,4-2)12-17(10-13-7-8-13)11-14-6-5-9-16-14/h13-14,16,18H,3-12H2,1-2H3. The minimum Gasteiger partial charge on any atom is -0.389 e. The molecule has 1 unspecified atom stereocenters. The predicted octanol–water partition coefficient (Wildman–Crippen LogP) is 2.00. The third-order valence-corrected chi connectivity index (χ3v) is 4.69. The Balaban J connectivity index is 1.86. The summed E-state index contributed by atoms with van der Waals surface area (Å²) in [6.45, 7) is 8.56. The number of hydrogen-bond donors (Lipinski definition) is 2. The molecule has 1 aliphatic heterocycles. The van der Waals surface area contributed by atoms with Crippen LogP contribution in [0.4, 0.5) is 0 Å². The summed E-state index contributed by atoms with van der Waals surface area (Å²) in [5, 5.41) is 14.1. The van der Waals surface area contributed by atoms with Crippen molar-refractivity contribution in [3.05, 3.63) is 0 Å². The molecule has 3 nitrogen and oxygen atoms in total. The molecule has 1 atom stereocenters. The normalized spacial score (nSPS) is 25.0. The van der Waals surface area contributed by atoms with E-state index in [-0.39, 0.29) is 0 Å². The van der Waals surface area contributed by atoms with Crippen LogP contribution in [0.5, 0.6) is 0 Å². The highest BCUT2D eigenvalue weighted by Gasteiger charge is 2.31. The van der Waals surface area contributed by atoms with Gasteiger partial charge in [0.25, 0.3) is 0 Å². The number of nitrogens with one attached hydrogen (secondary N) is 1. The zero-order chi connectivity index (χ0) is 13.0. The van der Waals surface area contributed by atoms with E-state index in [9.17, 15) is 5.11 Å². The van der Waals surface area contributed by atoms with Crippen LogP contribution in [0.25, 0.3) is 0 Å². The number of nitrogens with zero attached hydrogens (tertiary/aromatic N) is 1. The zero-order valence-corrected chi connectivity index (χ0v) is 12.1. The second-order valence-electron chi connectivity index (χ2n) is 6.36. The molecule has 2 aliphatic rings. The van der Waals surface area contributed by atoms with Gasteiger partial charge in [-0.1, -0.05) is 13.8 Å². The average molecular weight is 254 g/mol. The SMILES string of the molecule is CCC(O)(CC)CN(CC1CC1)CC1CCCN1. The molecule has 0 aromatic rings. The predicted molar refractivity (Wildman–Crippen MR) is 75.7 cm³/mol. The van der Waals surface area contributed by atoms with E-state index in [0.717, 1.165) is 31.8 Å². The first-order chi connectivity index (χ1) is 8.65. The summed E-state index contributed by atoms with van der Waals surface area (Å²) in [4.78, 5) is 2.52. The molecule has 1 heterocycles. The molecule has 0 spiro atoms. The van der Waals surface area contributed by atoms with Crippen molar-refractivity contribution in [3.8, 4) is 0 Å². The molecule has 2 rings (SSSR count).